The molecule has 0 bridgehead atoms. The van der Waals surface area contributed by atoms with Crippen molar-refractivity contribution < 1.29 is 14.3 Å². The molecule has 2 N–H and O–H groups in total. The van der Waals surface area contributed by atoms with E-state index in [4.69, 9.17) is 9.72 Å². The molecule has 7 heteroatoms. The quantitative estimate of drug-likeness (QED) is 0.147. The number of ketones is 1. The topological polar surface area (TPSA) is 93.2 Å². The largest absolute Gasteiger partial charge is 0.465 e. The van der Waals surface area contributed by atoms with Crippen LogP contribution in [-0.2, 0) is 17.7 Å². The van der Waals surface area contributed by atoms with Crippen molar-refractivity contribution in [2.24, 2.45) is 11.8 Å². The summed E-state index contributed by atoms with van der Waals surface area (Å²) in [4.78, 5) is 34.2. The Balaban J connectivity index is 1.32. The molecule has 3 aromatic rings. The minimum Gasteiger partial charge on any atom is -0.465 e. The highest BCUT2D eigenvalue weighted by Crippen LogP contribution is 2.32. The second-order valence-electron chi connectivity index (χ2n) is 11.5. The van der Waals surface area contributed by atoms with Gasteiger partial charge in [-0.2, -0.15) is 0 Å². The maximum Gasteiger partial charge on any atom is 0.337 e. The Kier molecular flexibility index (Phi) is 10.6. The fourth-order valence-corrected chi connectivity index (χ4v) is 6.05. The molecular weight excluding hydrogens is 512 g/mol. The van der Waals surface area contributed by atoms with Crippen molar-refractivity contribution in [2.75, 3.05) is 12.4 Å². The van der Waals surface area contributed by atoms with Crippen molar-refractivity contribution in [1.82, 2.24) is 15.3 Å². The number of nitrogens with zero attached hydrogens (tertiary/aromatic N) is 2. The van der Waals surface area contributed by atoms with Gasteiger partial charge in [-0.25, -0.2) is 14.8 Å². The molecule has 1 aliphatic rings. The van der Waals surface area contributed by atoms with Gasteiger partial charge in [-0.3, -0.25) is 4.79 Å². The van der Waals surface area contributed by atoms with Gasteiger partial charge >= 0.3 is 5.97 Å². The van der Waals surface area contributed by atoms with Crippen LogP contribution in [0, 0.1) is 25.7 Å². The number of esters is 1. The van der Waals surface area contributed by atoms with E-state index in [0.29, 0.717) is 47.9 Å². The molecule has 1 aliphatic carbocycles. The SMILES string of the molecule is CCc1cnc(Nc2cc(C)cc(C)c2)nc1CN[C@@H]1CCCC(CCC(=O)c2cccc(C(=O)OC)c2)[C@H](C)C1. The lowest BCUT2D eigenvalue weighted by molar-refractivity contribution is 0.0600. The molecule has 2 aromatic carbocycles. The molecule has 1 aromatic heterocycles. The molecule has 4 rings (SSSR count). The van der Waals surface area contributed by atoms with Crippen molar-refractivity contribution in [3.63, 3.8) is 0 Å². The van der Waals surface area contributed by atoms with Crippen LogP contribution in [-0.4, -0.2) is 34.9 Å². The zero-order chi connectivity index (χ0) is 29.4. The van der Waals surface area contributed by atoms with E-state index < -0.39 is 5.97 Å². The lowest BCUT2D eigenvalue weighted by Gasteiger charge is -2.24. The van der Waals surface area contributed by atoms with Crippen LogP contribution in [0.3, 0.4) is 0 Å². The number of nitrogens with one attached hydrogen (secondary N) is 2. The first-order chi connectivity index (χ1) is 19.7. The van der Waals surface area contributed by atoms with Crippen molar-refractivity contribution in [1.29, 1.82) is 0 Å². The molecule has 0 saturated heterocycles. The van der Waals surface area contributed by atoms with Crippen molar-refractivity contribution in [3.8, 4) is 0 Å². The summed E-state index contributed by atoms with van der Waals surface area (Å²) in [7, 11) is 1.35. The van der Waals surface area contributed by atoms with Gasteiger partial charge in [0.25, 0.3) is 0 Å². The molecule has 41 heavy (non-hydrogen) atoms. The zero-order valence-corrected chi connectivity index (χ0v) is 25.1. The summed E-state index contributed by atoms with van der Waals surface area (Å²) >= 11 is 0. The minimum atomic E-state index is -0.419. The van der Waals surface area contributed by atoms with Crippen LogP contribution >= 0.6 is 0 Å². The Morgan fingerprint density at radius 1 is 1.05 bits per heavy atom. The highest BCUT2D eigenvalue weighted by molar-refractivity contribution is 5.99. The average molecular weight is 557 g/mol. The van der Waals surface area contributed by atoms with Gasteiger partial charge in [0.1, 0.15) is 0 Å². The number of hydrogen-bond donors (Lipinski definition) is 2. The number of methoxy groups -OCH3 is 1. The smallest absolute Gasteiger partial charge is 0.337 e. The van der Waals surface area contributed by atoms with Gasteiger partial charge in [0, 0.05) is 36.5 Å². The summed E-state index contributed by atoms with van der Waals surface area (Å²) in [6.07, 6.45) is 8.67. The van der Waals surface area contributed by atoms with E-state index in [0.717, 1.165) is 55.5 Å². The maximum absolute atomic E-state index is 12.9. The molecule has 0 radical (unpaired) electrons. The first-order valence-electron chi connectivity index (χ1n) is 14.9. The van der Waals surface area contributed by atoms with Crippen LogP contribution < -0.4 is 10.6 Å². The van der Waals surface area contributed by atoms with Crippen molar-refractivity contribution in [2.45, 2.75) is 85.2 Å². The van der Waals surface area contributed by atoms with E-state index in [1.165, 1.54) is 18.2 Å². The molecule has 0 aliphatic heterocycles. The van der Waals surface area contributed by atoms with Gasteiger partial charge in [-0.15, -0.1) is 0 Å². The monoisotopic (exact) mass is 556 g/mol. The fourth-order valence-electron chi connectivity index (χ4n) is 6.05. The van der Waals surface area contributed by atoms with E-state index in [9.17, 15) is 9.59 Å². The van der Waals surface area contributed by atoms with Crippen LogP contribution in [0.15, 0.2) is 48.7 Å². The summed E-state index contributed by atoms with van der Waals surface area (Å²) < 4.78 is 4.80. The Hall–Kier alpha value is -3.58. The zero-order valence-electron chi connectivity index (χ0n) is 25.1. The summed E-state index contributed by atoms with van der Waals surface area (Å²) in [5.74, 6) is 1.32. The number of carbonyl (C=O) groups is 2. The number of benzene rings is 2. The first-order valence-corrected chi connectivity index (χ1v) is 14.9. The number of hydrogen-bond acceptors (Lipinski definition) is 7. The van der Waals surface area contributed by atoms with Gasteiger partial charge in [-0.1, -0.05) is 44.9 Å². The number of Topliss-reactive ketones (excluding diaryl/α,β-unsaturated/α-hetero) is 1. The Morgan fingerprint density at radius 3 is 2.54 bits per heavy atom. The van der Waals surface area contributed by atoms with Gasteiger partial charge in [0.2, 0.25) is 5.95 Å². The lowest BCUT2D eigenvalue weighted by atomic mass is 9.84. The summed E-state index contributed by atoms with van der Waals surface area (Å²) in [5.41, 5.74) is 6.62. The number of carbonyl (C=O) groups excluding carboxylic acids is 2. The standard InChI is InChI=1S/C34H44N4O3/c1-6-25-20-36-34(37-30-16-22(2)15-23(3)17-30)38-31(25)21-35-29-12-8-9-26(24(4)18-29)13-14-32(39)27-10-7-11-28(19-27)33(40)41-5/h7,10-11,15-17,19-20,24,26,29,35H,6,8-9,12-14,18,21H2,1-5H3,(H,36,37,38)/t24-,26?,29-/m1/s1. The summed E-state index contributed by atoms with van der Waals surface area (Å²) in [5, 5.41) is 7.18. The molecule has 1 saturated carbocycles. The van der Waals surface area contributed by atoms with E-state index in [1.54, 1.807) is 24.3 Å². The van der Waals surface area contributed by atoms with Crippen molar-refractivity contribution in [3.05, 3.63) is 82.2 Å². The third-order valence-corrected chi connectivity index (χ3v) is 8.31. The maximum atomic E-state index is 12.9. The van der Waals surface area contributed by atoms with Crippen LogP contribution in [0.5, 0.6) is 0 Å². The summed E-state index contributed by atoms with van der Waals surface area (Å²) in [6.45, 7) is 9.36. The minimum absolute atomic E-state index is 0.0861. The third-order valence-electron chi connectivity index (χ3n) is 8.31. The molecule has 1 unspecified atom stereocenters. The van der Waals surface area contributed by atoms with Gasteiger partial charge in [0.05, 0.1) is 18.4 Å². The average Bonchev–Trinajstić information content (AvgIpc) is 3.14. The predicted molar refractivity (Wildman–Crippen MR) is 164 cm³/mol. The molecule has 218 valence electrons. The number of aromatic nitrogens is 2. The van der Waals surface area contributed by atoms with E-state index in [1.807, 2.05) is 6.20 Å². The van der Waals surface area contributed by atoms with Gasteiger partial charge < -0.3 is 15.4 Å². The van der Waals surface area contributed by atoms with Crippen LogP contribution in [0.4, 0.5) is 11.6 Å². The first kappa shape index (κ1) is 30.4. The number of anilines is 2. The summed E-state index contributed by atoms with van der Waals surface area (Å²) in [6, 6.07) is 13.6. The van der Waals surface area contributed by atoms with Crippen molar-refractivity contribution >= 4 is 23.4 Å². The molecule has 1 heterocycles. The molecule has 1 fully saturated rings. The fraction of sp³-hybridized carbons (Fsp3) is 0.471. The van der Waals surface area contributed by atoms with Gasteiger partial charge in [-0.05, 0) is 92.3 Å². The lowest BCUT2D eigenvalue weighted by Crippen LogP contribution is -2.31. The number of aryl methyl sites for hydroxylation is 3. The molecule has 0 amide bonds. The van der Waals surface area contributed by atoms with E-state index in [2.05, 4.69) is 61.5 Å². The van der Waals surface area contributed by atoms with Gasteiger partial charge in [0.15, 0.2) is 5.78 Å². The second-order valence-corrected chi connectivity index (χ2v) is 11.5. The Bertz CT molecular complexity index is 1340. The highest BCUT2D eigenvalue weighted by atomic mass is 16.5. The third kappa shape index (κ3) is 8.46. The van der Waals surface area contributed by atoms with Crippen LogP contribution in [0.1, 0.15) is 95.5 Å². The predicted octanol–water partition coefficient (Wildman–Crippen LogP) is 7.13. The number of rotatable bonds is 11. The van der Waals surface area contributed by atoms with Crippen LogP contribution in [0.25, 0.3) is 0 Å². The second kappa shape index (κ2) is 14.4. The Morgan fingerprint density at radius 2 is 1.80 bits per heavy atom. The number of ether oxygens (including phenoxy) is 1. The van der Waals surface area contributed by atoms with E-state index >= 15 is 0 Å². The normalized spacial score (nSPS) is 18.9. The molecule has 3 atom stereocenters. The van der Waals surface area contributed by atoms with E-state index in [-0.39, 0.29) is 5.78 Å². The molecule has 7 nitrogen and oxygen atoms in total. The molecular formula is C34H44N4O3. The Labute approximate surface area is 244 Å². The highest BCUT2D eigenvalue weighted by Gasteiger charge is 2.26. The molecule has 0 spiro atoms. The van der Waals surface area contributed by atoms with Crippen LogP contribution in [0.2, 0.25) is 0 Å².